The molecule has 0 saturated heterocycles. The van der Waals surface area contributed by atoms with E-state index in [4.69, 9.17) is 0 Å². The number of hydrogen-bond acceptors (Lipinski definition) is 3. The Hall–Kier alpha value is -0.870. The van der Waals surface area contributed by atoms with Crippen LogP contribution in [0.1, 0.15) is 57.8 Å². The lowest BCUT2D eigenvalue weighted by atomic mass is 9.87. The van der Waals surface area contributed by atoms with Crippen LogP contribution in [0.5, 0.6) is 0 Å². The molecule has 2 aromatic rings. The van der Waals surface area contributed by atoms with Crippen LogP contribution in [0.3, 0.4) is 0 Å². The highest BCUT2D eigenvalue weighted by Gasteiger charge is 2.17. The summed E-state index contributed by atoms with van der Waals surface area (Å²) in [6.45, 7) is 11.1. The number of rotatable bonds is 8. The summed E-state index contributed by atoms with van der Waals surface area (Å²) < 4.78 is 2.21. The van der Waals surface area contributed by atoms with Gasteiger partial charge in [-0.2, -0.15) is 0 Å². The van der Waals surface area contributed by atoms with E-state index in [1.165, 1.54) is 31.4 Å². The second kappa shape index (κ2) is 6.72. The van der Waals surface area contributed by atoms with Gasteiger partial charge in [0.25, 0.3) is 0 Å². The summed E-state index contributed by atoms with van der Waals surface area (Å²) in [5.41, 5.74) is 2.82. The fraction of sp³-hybridized carbons (Fsp3) is 0.688. The van der Waals surface area contributed by atoms with Crippen LogP contribution >= 0.6 is 11.3 Å². The number of thiazole rings is 1. The molecule has 0 bridgehead atoms. The van der Waals surface area contributed by atoms with Crippen LogP contribution < -0.4 is 5.32 Å². The lowest BCUT2D eigenvalue weighted by Gasteiger charge is -2.25. The zero-order valence-corrected chi connectivity index (χ0v) is 14.0. The maximum atomic E-state index is 4.59. The van der Waals surface area contributed by atoms with Crippen LogP contribution in [0, 0.1) is 12.3 Å². The molecule has 0 aliphatic heterocycles. The van der Waals surface area contributed by atoms with Gasteiger partial charge >= 0.3 is 0 Å². The molecule has 112 valence electrons. The highest BCUT2D eigenvalue weighted by atomic mass is 32.1. The van der Waals surface area contributed by atoms with Crippen molar-refractivity contribution >= 4 is 16.3 Å². The number of unbranched alkanes of at least 4 members (excludes halogenated alkanes) is 2. The maximum Gasteiger partial charge on any atom is 0.194 e. The summed E-state index contributed by atoms with van der Waals surface area (Å²) in [5, 5.41) is 5.72. The topological polar surface area (TPSA) is 29.3 Å². The molecule has 0 aliphatic carbocycles. The van der Waals surface area contributed by atoms with Gasteiger partial charge in [0, 0.05) is 24.7 Å². The van der Waals surface area contributed by atoms with E-state index in [-0.39, 0.29) is 0 Å². The highest BCUT2D eigenvalue weighted by molar-refractivity contribution is 7.15. The third kappa shape index (κ3) is 3.83. The number of fused-ring (bicyclic) bond motifs is 1. The van der Waals surface area contributed by atoms with Crippen molar-refractivity contribution in [2.75, 3.05) is 6.54 Å². The van der Waals surface area contributed by atoms with E-state index < -0.39 is 0 Å². The number of nitrogens with zero attached hydrogens (tertiary/aromatic N) is 2. The molecule has 0 amide bonds. The van der Waals surface area contributed by atoms with Crippen molar-refractivity contribution < 1.29 is 0 Å². The lowest BCUT2D eigenvalue weighted by molar-refractivity contribution is 0.301. The Labute approximate surface area is 126 Å². The summed E-state index contributed by atoms with van der Waals surface area (Å²) >= 11 is 1.70. The van der Waals surface area contributed by atoms with E-state index in [1.54, 1.807) is 11.3 Å². The Bertz CT molecular complexity index is 539. The predicted octanol–water partition coefficient (Wildman–Crippen LogP) is 4.40. The number of imidazole rings is 1. The summed E-state index contributed by atoms with van der Waals surface area (Å²) in [7, 11) is 0. The van der Waals surface area contributed by atoms with Gasteiger partial charge in [-0.05, 0) is 18.8 Å². The van der Waals surface area contributed by atoms with Crippen LogP contribution in [-0.2, 0) is 6.54 Å². The quantitative estimate of drug-likeness (QED) is 0.731. The van der Waals surface area contributed by atoms with Crippen LogP contribution in [0.15, 0.2) is 11.6 Å². The molecule has 4 heteroatoms. The zero-order chi connectivity index (χ0) is 14.6. The molecule has 0 fully saturated rings. The molecule has 1 N–H and O–H groups in total. The number of aromatic nitrogens is 2. The first kappa shape index (κ1) is 15.5. The summed E-state index contributed by atoms with van der Waals surface area (Å²) in [4.78, 5) is 5.69. The molecule has 2 aromatic heterocycles. The first-order valence-corrected chi connectivity index (χ1v) is 8.53. The fourth-order valence-electron chi connectivity index (χ4n) is 2.61. The molecule has 0 saturated carbocycles. The zero-order valence-electron chi connectivity index (χ0n) is 13.2. The molecular formula is C16H27N3S. The van der Waals surface area contributed by atoms with Gasteiger partial charge in [0.2, 0.25) is 0 Å². The van der Waals surface area contributed by atoms with E-state index in [9.17, 15) is 0 Å². The lowest BCUT2D eigenvalue weighted by Crippen LogP contribution is -2.29. The van der Waals surface area contributed by atoms with Crippen molar-refractivity contribution in [3.63, 3.8) is 0 Å². The Kier molecular flexibility index (Phi) is 5.22. The van der Waals surface area contributed by atoms with Crippen molar-refractivity contribution in [2.24, 2.45) is 5.41 Å². The minimum absolute atomic E-state index is 0.377. The number of hydrogen-bond donors (Lipinski definition) is 1. The average Bonchev–Trinajstić information content (AvgIpc) is 2.92. The van der Waals surface area contributed by atoms with Gasteiger partial charge in [-0.1, -0.05) is 40.0 Å². The molecule has 0 aromatic carbocycles. The van der Waals surface area contributed by atoms with Gasteiger partial charge in [-0.3, -0.25) is 4.40 Å². The minimum atomic E-state index is 0.377. The van der Waals surface area contributed by atoms with Crippen LogP contribution in [0.4, 0.5) is 0 Å². The fourth-order valence-corrected chi connectivity index (χ4v) is 3.39. The van der Waals surface area contributed by atoms with E-state index >= 15 is 0 Å². The van der Waals surface area contributed by atoms with Crippen LogP contribution in [-0.4, -0.2) is 15.9 Å². The normalized spacial score (nSPS) is 12.4. The van der Waals surface area contributed by atoms with Crippen molar-refractivity contribution in [1.82, 2.24) is 14.7 Å². The molecule has 2 heterocycles. The predicted molar refractivity (Wildman–Crippen MR) is 87.4 cm³/mol. The summed E-state index contributed by atoms with van der Waals surface area (Å²) in [6, 6.07) is 0. The Morgan fingerprint density at radius 2 is 2.15 bits per heavy atom. The van der Waals surface area contributed by atoms with Gasteiger partial charge in [0.1, 0.15) is 0 Å². The van der Waals surface area contributed by atoms with Crippen molar-refractivity contribution in [3.05, 3.63) is 23.0 Å². The van der Waals surface area contributed by atoms with E-state index in [1.807, 2.05) is 0 Å². The largest absolute Gasteiger partial charge is 0.311 e. The standard InChI is InChI=1S/C16H27N3S/c1-5-6-7-8-16(3,4)12-17-11-14-13(2)18-15-19(14)9-10-20-15/h9-10,17H,5-8,11-12H2,1-4H3. The van der Waals surface area contributed by atoms with Crippen LogP contribution in [0.25, 0.3) is 4.96 Å². The Balaban J connectivity index is 1.86. The average molecular weight is 293 g/mol. The highest BCUT2D eigenvalue weighted by Crippen LogP contribution is 2.23. The third-order valence-electron chi connectivity index (χ3n) is 3.91. The van der Waals surface area contributed by atoms with Gasteiger partial charge in [0.05, 0.1) is 11.4 Å². The number of aryl methyl sites for hydroxylation is 1. The van der Waals surface area contributed by atoms with Crippen LogP contribution in [0.2, 0.25) is 0 Å². The molecule has 3 nitrogen and oxygen atoms in total. The Morgan fingerprint density at radius 3 is 2.90 bits per heavy atom. The van der Waals surface area contributed by atoms with E-state index in [0.717, 1.165) is 23.7 Å². The first-order valence-electron chi connectivity index (χ1n) is 7.65. The molecule has 20 heavy (non-hydrogen) atoms. The van der Waals surface area contributed by atoms with Gasteiger partial charge < -0.3 is 5.32 Å². The molecule has 0 unspecified atom stereocenters. The first-order chi connectivity index (χ1) is 9.53. The summed E-state index contributed by atoms with van der Waals surface area (Å²) in [5.74, 6) is 0. The smallest absolute Gasteiger partial charge is 0.194 e. The van der Waals surface area contributed by atoms with E-state index in [2.05, 4.69) is 54.0 Å². The molecule has 0 spiro atoms. The second-order valence-corrected chi connectivity index (χ2v) is 7.30. The maximum absolute atomic E-state index is 4.59. The minimum Gasteiger partial charge on any atom is -0.311 e. The molecule has 0 atom stereocenters. The monoisotopic (exact) mass is 293 g/mol. The summed E-state index contributed by atoms with van der Waals surface area (Å²) in [6.07, 6.45) is 7.40. The SMILES string of the molecule is CCCCCC(C)(C)CNCc1c(C)nc2sccn12. The Morgan fingerprint density at radius 1 is 1.35 bits per heavy atom. The number of nitrogens with one attached hydrogen (secondary N) is 1. The van der Waals surface area contributed by atoms with E-state index in [0.29, 0.717) is 5.41 Å². The molecule has 0 radical (unpaired) electrons. The van der Waals surface area contributed by atoms with Crippen molar-refractivity contribution in [1.29, 1.82) is 0 Å². The van der Waals surface area contributed by atoms with Crippen molar-refractivity contribution in [3.8, 4) is 0 Å². The molecule has 2 rings (SSSR count). The third-order valence-corrected chi connectivity index (χ3v) is 4.67. The second-order valence-electron chi connectivity index (χ2n) is 6.42. The van der Waals surface area contributed by atoms with Gasteiger partial charge in [-0.15, -0.1) is 11.3 Å². The van der Waals surface area contributed by atoms with Gasteiger partial charge in [-0.25, -0.2) is 4.98 Å². The van der Waals surface area contributed by atoms with Crippen molar-refractivity contribution in [2.45, 2.75) is 59.9 Å². The molecular weight excluding hydrogens is 266 g/mol. The van der Waals surface area contributed by atoms with Gasteiger partial charge in [0.15, 0.2) is 4.96 Å². The molecule has 0 aliphatic rings.